The van der Waals surface area contributed by atoms with Crippen molar-refractivity contribution in [1.29, 1.82) is 0 Å². The van der Waals surface area contributed by atoms with E-state index in [1.807, 2.05) is 30.3 Å². The van der Waals surface area contributed by atoms with Gasteiger partial charge in [-0.2, -0.15) is 0 Å². The summed E-state index contributed by atoms with van der Waals surface area (Å²) < 4.78 is 18.7. The lowest BCUT2D eigenvalue weighted by molar-refractivity contribution is -0.134. The van der Waals surface area contributed by atoms with Crippen LogP contribution in [0.2, 0.25) is 5.02 Å². The Morgan fingerprint density at radius 3 is 2.26 bits per heavy atom. The lowest BCUT2D eigenvalue weighted by Crippen LogP contribution is -2.46. The van der Waals surface area contributed by atoms with Crippen LogP contribution in [0.15, 0.2) is 58.3 Å². The van der Waals surface area contributed by atoms with Crippen LogP contribution in [-0.4, -0.2) is 76.5 Å². The second kappa shape index (κ2) is 11.6. The first-order valence-corrected chi connectivity index (χ1v) is 12.2. The number of methoxy groups -OCH3 is 1. The zero-order valence-corrected chi connectivity index (χ0v) is 20.5. The molecule has 2 aliphatic heterocycles. The first-order valence-electron chi connectivity index (χ1n) is 10.6. The van der Waals surface area contributed by atoms with Crippen molar-refractivity contribution in [3.05, 3.63) is 64.7 Å². The maximum absolute atomic E-state index is 13.4. The summed E-state index contributed by atoms with van der Waals surface area (Å²) in [6.07, 6.45) is 1.95. The summed E-state index contributed by atoms with van der Waals surface area (Å²) in [6, 6.07) is 11.9. The second-order valence-corrected chi connectivity index (χ2v) is 9.85. The smallest absolute Gasteiger partial charge is 0.328 e. The van der Waals surface area contributed by atoms with Crippen molar-refractivity contribution in [2.24, 2.45) is 0 Å². The van der Waals surface area contributed by atoms with Gasteiger partial charge >= 0.3 is 11.9 Å². The normalized spacial score (nSPS) is 20.4. The number of nitrogens with zero attached hydrogens (tertiary/aromatic N) is 2. The Bertz CT molecular complexity index is 1100. The van der Waals surface area contributed by atoms with Gasteiger partial charge in [-0.05, 0) is 54.9 Å². The number of halogens is 1. The van der Waals surface area contributed by atoms with E-state index in [0.29, 0.717) is 17.2 Å². The molecule has 0 amide bonds. The molecule has 2 aliphatic rings. The minimum Gasteiger partial charge on any atom is -0.497 e. The number of aliphatic carboxylic acids is 2. The van der Waals surface area contributed by atoms with Crippen LogP contribution in [-0.2, 0) is 26.8 Å². The Morgan fingerprint density at radius 2 is 1.68 bits per heavy atom. The van der Waals surface area contributed by atoms with E-state index in [1.54, 1.807) is 7.11 Å². The number of hydrogen-bond acceptors (Lipinski definition) is 6. The van der Waals surface area contributed by atoms with Crippen molar-refractivity contribution in [3.63, 3.8) is 0 Å². The molecule has 2 atom stereocenters. The fourth-order valence-corrected chi connectivity index (χ4v) is 5.62. The molecule has 0 bridgehead atoms. The van der Waals surface area contributed by atoms with Crippen LogP contribution in [0.5, 0.6) is 5.75 Å². The van der Waals surface area contributed by atoms with Gasteiger partial charge < -0.3 is 19.8 Å². The number of piperazine rings is 1. The van der Waals surface area contributed by atoms with Crippen LogP contribution in [0.3, 0.4) is 0 Å². The quantitative estimate of drug-likeness (QED) is 0.609. The average molecular weight is 507 g/mol. The molecule has 1 fully saturated rings. The summed E-state index contributed by atoms with van der Waals surface area (Å²) in [5.41, 5.74) is 2.22. The number of carbonyl (C=O) groups is 2. The molecular weight excluding hydrogens is 480 g/mol. The number of rotatable bonds is 4. The van der Waals surface area contributed by atoms with E-state index < -0.39 is 22.7 Å². The van der Waals surface area contributed by atoms with Gasteiger partial charge in [-0.3, -0.25) is 4.90 Å². The van der Waals surface area contributed by atoms with E-state index in [9.17, 15) is 13.8 Å². The van der Waals surface area contributed by atoms with E-state index >= 15 is 0 Å². The van der Waals surface area contributed by atoms with Gasteiger partial charge in [0.15, 0.2) is 0 Å². The molecule has 8 nitrogen and oxygen atoms in total. The van der Waals surface area contributed by atoms with Crippen LogP contribution in [0.1, 0.15) is 17.2 Å². The van der Waals surface area contributed by atoms with Crippen LogP contribution >= 0.6 is 11.6 Å². The van der Waals surface area contributed by atoms with Crippen molar-refractivity contribution in [3.8, 4) is 5.75 Å². The summed E-state index contributed by atoms with van der Waals surface area (Å²) in [7, 11) is 2.56. The zero-order chi connectivity index (χ0) is 24.8. The monoisotopic (exact) mass is 506 g/mol. The molecular formula is C24H27ClN2O6S. The van der Waals surface area contributed by atoms with Crippen molar-refractivity contribution in [2.45, 2.75) is 22.3 Å². The van der Waals surface area contributed by atoms with Gasteiger partial charge in [0.25, 0.3) is 0 Å². The zero-order valence-electron chi connectivity index (χ0n) is 18.9. The van der Waals surface area contributed by atoms with Gasteiger partial charge in [0, 0.05) is 54.3 Å². The summed E-state index contributed by atoms with van der Waals surface area (Å²) in [4.78, 5) is 25.7. The standard InChI is InChI=1S/C20H23ClN2O2S.C4H4O4/c1-22-7-9-23(10-8-22)18-11-14-3-5-16(25-2)13-20(14)26(24)19-6-4-15(21)12-17(18)19;5-3(6)1-2-4(7)8/h3-6,12-13,18H,7-11H2,1-2H3;1-2H,(H,5,6)(H,7,8)/b;2-1-. The topological polar surface area (TPSA) is 107 Å². The van der Waals surface area contributed by atoms with Gasteiger partial charge in [-0.25, -0.2) is 13.8 Å². The summed E-state index contributed by atoms with van der Waals surface area (Å²) in [5.74, 6) is -1.77. The summed E-state index contributed by atoms with van der Waals surface area (Å²) >= 11 is 6.32. The van der Waals surface area contributed by atoms with Gasteiger partial charge in [-0.1, -0.05) is 17.7 Å². The number of carboxylic acids is 2. The molecule has 0 saturated carbocycles. The highest BCUT2D eigenvalue weighted by Gasteiger charge is 2.32. The number of benzene rings is 2. The lowest BCUT2D eigenvalue weighted by Gasteiger charge is -2.38. The molecule has 10 heteroatoms. The van der Waals surface area contributed by atoms with E-state index in [0.717, 1.165) is 59.3 Å². The van der Waals surface area contributed by atoms with Crippen molar-refractivity contribution < 1.29 is 28.7 Å². The third kappa shape index (κ3) is 6.44. The molecule has 0 aliphatic carbocycles. The van der Waals surface area contributed by atoms with Crippen LogP contribution in [0.4, 0.5) is 0 Å². The summed E-state index contributed by atoms with van der Waals surface area (Å²) in [6.45, 7) is 4.10. The van der Waals surface area contributed by atoms with Crippen molar-refractivity contribution in [1.82, 2.24) is 9.80 Å². The Labute approximate surface area is 205 Å². The maximum atomic E-state index is 13.4. The SMILES string of the molecule is COc1ccc2c(c1)S(=O)c1ccc(Cl)cc1C(N1CCN(C)CC1)C2.O=C(O)/C=C\C(=O)O. The molecule has 0 radical (unpaired) electrons. The van der Waals surface area contributed by atoms with Gasteiger partial charge in [-0.15, -0.1) is 0 Å². The molecule has 2 aromatic rings. The number of fused-ring (bicyclic) bond motifs is 2. The van der Waals surface area contributed by atoms with Crippen LogP contribution < -0.4 is 4.74 Å². The molecule has 34 heavy (non-hydrogen) atoms. The minimum atomic E-state index is -1.26. The third-order valence-corrected chi connectivity index (χ3v) is 7.55. The second-order valence-electron chi connectivity index (χ2n) is 7.99. The van der Waals surface area contributed by atoms with E-state index in [2.05, 4.69) is 22.9 Å². The van der Waals surface area contributed by atoms with Gasteiger partial charge in [0.1, 0.15) is 5.75 Å². The minimum absolute atomic E-state index is 0.191. The molecule has 0 aromatic heterocycles. The lowest BCUT2D eigenvalue weighted by atomic mass is 9.96. The Balaban J connectivity index is 0.000000350. The highest BCUT2D eigenvalue weighted by atomic mass is 35.5. The van der Waals surface area contributed by atoms with E-state index in [-0.39, 0.29) is 6.04 Å². The van der Waals surface area contributed by atoms with Gasteiger partial charge in [0.2, 0.25) is 0 Å². The number of carboxylic acid groups (broad SMARTS) is 2. The van der Waals surface area contributed by atoms with Crippen molar-refractivity contribution >= 4 is 34.3 Å². The molecule has 4 rings (SSSR count). The highest BCUT2D eigenvalue weighted by molar-refractivity contribution is 7.85. The first-order chi connectivity index (χ1) is 16.2. The molecule has 2 unspecified atom stereocenters. The molecule has 2 N–H and O–H groups in total. The third-order valence-electron chi connectivity index (χ3n) is 5.77. The van der Waals surface area contributed by atoms with Gasteiger partial charge in [0.05, 0.1) is 22.8 Å². The fourth-order valence-electron chi connectivity index (χ4n) is 3.99. The van der Waals surface area contributed by atoms with E-state index in [1.165, 1.54) is 0 Å². The molecule has 182 valence electrons. The summed E-state index contributed by atoms with van der Waals surface area (Å²) in [5, 5.41) is 16.3. The molecule has 2 heterocycles. The number of likely N-dealkylation sites (N-methyl/N-ethyl adjacent to an activating group) is 1. The van der Waals surface area contributed by atoms with Crippen LogP contribution in [0.25, 0.3) is 0 Å². The Kier molecular flexibility index (Phi) is 8.84. The Hall–Kier alpha value is -2.72. The molecule has 0 spiro atoms. The predicted octanol–water partition coefficient (Wildman–Crippen LogP) is 3.07. The predicted molar refractivity (Wildman–Crippen MR) is 129 cm³/mol. The van der Waals surface area contributed by atoms with Crippen molar-refractivity contribution in [2.75, 3.05) is 40.3 Å². The first kappa shape index (κ1) is 25.9. The molecule has 2 aromatic carbocycles. The molecule has 1 saturated heterocycles. The Morgan fingerprint density at radius 1 is 1.03 bits per heavy atom. The fraction of sp³-hybridized carbons (Fsp3) is 0.333. The number of hydrogen-bond donors (Lipinski definition) is 2. The largest absolute Gasteiger partial charge is 0.497 e. The number of ether oxygens (including phenoxy) is 1. The van der Waals surface area contributed by atoms with Crippen LogP contribution in [0, 0.1) is 0 Å². The average Bonchev–Trinajstić information content (AvgIpc) is 2.93. The maximum Gasteiger partial charge on any atom is 0.328 e. The highest BCUT2D eigenvalue weighted by Crippen LogP contribution is 2.39. The van der Waals surface area contributed by atoms with E-state index in [4.69, 9.17) is 26.6 Å².